The number of amides is 1. The molecule has 1 saturated heterocycles. The van der Waals surface area contributed by atoms with Gasteiger partial charge in [-0.05, 0) is 49.9 Å². The van der Waals surface area contributed by atoms with Crippen LogP contribution in [0.4, 0.5) is 5.69 Å². The topological polar surface area (TPSA) is 41.4 Å². The zero-order valence-electron chi connectivity index (χ0n) is 16.1. The van der Waals surface area contributed by atoms with Crippen molar-refractivity contribution >= 4 is 11.6 Å². The quantitative estimate of drug-likeness (QED) is 0.833. The molecule has 1 aliphatic carbocycles. The predicted molar refractivity (Wildman–Crippen MR) is 106 cm³/mol. The Morgan fingerprint density at radius 3 is 2.93 bits per heavy atom. The van der Waals surface area contributed by atoms with Gasteiger partial charge in [0.15, 0.2) is 5.82 Å². The summed E-state index contributed by atoms with van der Waals surface area (Å²) in [5.41, 5.74) is 2.34. The Kier molecular flexibility index (Phi) is 3.99. The van der Waals surface area contributed by atoms with Crippen molar-refractivity contribution in [3.63, 3.8) is 0 Å². The maximum atomic E-state index is 13.1. The van der Waals surface area contributed by atoms with E-state index in [9.17, 15) is 4.79 Å². The lowest BCUT2D eigenvalue weighted by atomic mass is 9.88. The van der Waals surface area contributed by atoms with Crippen molar-refractivity contribution < 1.29 is 4.79 Å². The van der Waals surface area contributed by atoms with Crippen molar-refractivity contribution in [1.29, 1.82) is 0 Å². The minimum absolute atomic E-state index is 0.135. The van der Waals surface area contributed by atoms with Crippen molar-refractivity contribution in [2.45, 2.75) is 51.0 Å². The highest BCUT2D eigenvalue weighted by Gasteiger charge is 2.51. The molecule has 0 bridgehead atoms. The molecular weight excluding hydrogens is 336 g/mol. The van der Waals surface area contributed by atoms with Gasteiger partial charge in [-0.15, -0.1) is 0 Å². The monoisotopic (exact) mass is 364 g/mol. The smallest absolute Gasteiger partial charge is 0.225 e. The highest BCUT2D eigenvalue weighted by molar-refractivity contribution is 5.80. The molecule has 1 atom stereocenters. The Labute approximate surface area is 161 Å². The Morgan fingerprint density at radius 1 is 1.26 bits per heavy atom. The molecule has 1 saturated carbocycles. The largest absolute Gasteiger partial charge is 0.355 e. The van der Waals surface area contributed by atoms with Crippen molar-refractivity contribution in [1.82, 2.24) is 14.5 Å². The van der Waals surface area contributed by atoms with Crippen LogP contribution in [-0.4, -0.2) is 40.0 Å². The van der Waals surface area contributed by atoms with E-state index in [0.29, 0.717) is 5.91 Å². The highest BCUT2D eigenvalue weighted by Crippen LogP contribution is 2.47. The molecule has 1 spiro atoms. The maximum absolute atomic E-state index is 13.1. The fourth-order valence-electron chi connectivity index (χ4n) is 5.50. The third-order valence-corrected chi connectivity index (χ3v) is 6.74. The number of anilines is 1. The van der Waals surface area contributed by atoms with E-state index in [1.807, 2.05) is 12.3 Å². The van der Waals surface area contributed by atoms with Crippen LogP contribution in [0.2, 0.25) is 0 Å². The number of hydrogen-bond acceptors (Lipinski definition) is 3. The van der Waals surface area contributed by atoms with E-state index in [1.165, 1.54) is 24.2 Å². The maximum Gasteiger partial charge on any atom is 0.225 e. The number of fused-ring (bicyclic) bond motifs is 4. The van der Waals surface area contributed by atoms with Crippen molar-refractivity contribution in [2.24, 2.45) is 5.92 Å². The summed E-state index contributed by atoms with van der Waals surface area (Å²) >= 11 is 0. The number of likely N-dealkylation sites (tertiary alicyclic amines) is 1. The second kappa shape index (κ2) is 6.39. The van der Waals surface area contributed by atoms with Crippen LogP contribution in [0.15, 0.2) is 36.7 Å². The van der Waals surface area contributed by atoms with Crippen LogP contribution in [-0.2, 0) is 10.3 Å². The van der Waals surface area contributed by atoms with E-state index in [-0.39, 0.29) is 11.5 Å². The second-order valence-electron chi connectivity index (χ2n) is 8.28. The highest BCUT2D eigenvalue weighted by atomic mass is 16.2. The fourth-order valence-corrected chi connectivity index (χ4v) is 5.50. The van der Waals surface area contributed by atoms with Gasteiger partial charge in [0.1, 0.15) is 5.54 Å². The molecule has 2 aromatic heterocycles. The molecule has 5 nitrogen and oxygen atoms in total. The number of carbonyl (C=O) groups excluding carboxylic acids is 1. The number of pyridine rings is 1. The first-order chi connectivity index (χ1) is 13.2. The standard InChI is InChI=1S/C22H28N4O/c1-2-13-26-18-9-5-12-23-20(18)25-14-6-10-19(25)22(26)11-15-24(16-22)21(27)17-7-3-4-8-17/h5-6,9-10,12,14,17H,2-4,7-8,11,13,15-16H2,1H3. The van der Waals surface area contributed by atoms with Crippen LogP contribution >= 0.6 is 0 Å². The SMILES string of the molecule is CCCN1c2cccnc2-n2cccc2C12CCN(C(=O)C1CCCC1)C2. The lowest BCUT2D eigenvalue weighted by Gasteiger charge is -2.47. The van der Waals surface area contributed by atoms with E-state index in [1.54, 1.807) is 0 Å². The van der Waals surface area contributed by atoms with Crippen LogP contribution in [0.25, 0.3) is 5.82 Å². The van der Waals surface area contributed by atoms with Crippen molar-refractivity contribution in [3.8, 4) is 5.82 Å². The molecule has 2 aliphatic heterocycles. The molecular formula is C22H28N4O. The minimum atomic E-state index is -0.135. The summed E-state index contributed by atoms with van der Waals surface area (Å²) in [5.74, 6) is 1.65. The van der Waals surface area contributed by atoms with Gasteiger partial charge in [-0.3, -0.25) is 4.79 Å². The average molecular weight is 364 g/mol. The first-order valence-corrected chi connectivity index (χ1v) is 10.4. The summed E-state index contributed by atoms with van der Waals surface area (Å²) in [4.78, 5) is 22.5. The first kappa shape index (κ1) is 16.8. The number of nitrogens with zero attached hydrogens (tertiary/aromatic N) is 4. The lowest BCUT2D eigenvalue weighted by molar-refractivity contribution is -0.134. The molecule has 142 valence electrons. The van der Waals surface area contributed by atoms with E-state index in [2.05, 4.69) is 50.7 Å². The molecule has 0 N–H and O–H groups in total. The van der Waals surface area contributed by atoms with Gasteiger partial charge in [0, 0.05) is 37.9 Å². The van der Waals surface area contributed by atoms with Gasteiger partial charge in [0.25, 0.3) is 0 Å². The van der Waals surface area contributed by atoms with Gasteiger partial charge in [0.05, 0.1) is 11.4 Å². The molecule has 3 aliphatic rings. The molecule has 1 amide bonds. The molecule has 27 heavy (non-hydrogen) atoms. The van der Waals surface area contributed by atoms with Crippen LogP contribution < -0.4 is 4.90 Å². The second-order valence-corrected chi connectivity index (χ2v) is 8.28. The number of rotatable bonds is 3. The molecule has 0 radical (unpaired) electrons. The zero-order chi connectivity index (χ0) is 18.4. The van der Waals surface area contributed by atoms with Crippen LogP contribution in [0.3, 0.4) is 0 Å². The Hall–Kier alpha value is -2.30. The summed E-state index contributed by atoms with van der Waals surface area (Å²) in [5, 5.41) is 0. The van der Waals surface area contributed by atoms with Gasteiger partial charge in [-0.25, -0.2) is 4.98 Å². The average Bonchev–Trinajstić information content (AvgIpc) is 3.46. The third kappa shape index (κ3) is 2.43. The van der Waals surface area contributed by atoms with E-state index >= 15 is 0 Å². The summed E-state index contributed by atoms with van der Waals surface area (Å²) in [7, 11) is 0. The van der Waals surface area contributed by atoms with Gasteiger partial charge < -0.3 is 14.4 Å². The Balaban J connectivity index is 1.55. The Morgan fingerprint density at radius 2 is 2.11 bits per heavy atom. The molecule has 2 aromatic rings. The molecule has 2 fully saturated rings. The van der Waals surface area contributed by atoms with Gasteiger partial charge in [0.2, 0.25) is 5.91 Å². The van der Waals surface area contributed by atoms with Gasteiger partial charge >= 0.3 is 0 Å². The molecule has 4 heterocycles. The first-order valence-electron chi connectivity index (χ1n) is 10.4. The number of carbonyl (C=O) groups is 1. The summed E-state index contributed by atoms with van der Waals surface area (Å²) in [6.07, 6.45) is 10.6. The van der Waals surface area contributed by atoms with Gasteiger partial charge in [-0.2, -0.15) is 0 Å². The van der Waals surface area contributed by atoms with Crippen LogP contribution in [0.5, 0.6) is 0 Å². The molecule has 1 unspecified atom stereocenters. The Bertz CT molecular complexity index is 854. The van der Waals surface area contributed by atoms with Crippen molar-refractivity contribution in [3.05, 3.63) is 42.4 Å². The summed E-state index contributed by atoms with van der Waals surface area (Å²) in [6, 6.07) is 8.56. The predicted octanol–water partition coefficient (Wildman–Crippen LogP) is 3.72. The third-order valence-electron chi connectivity index (χ3n) is 6.74. The summed E-state index contributed by atoms with van der Waals surface area (Å²) in [6.45, 7) is 4.86. The van der Waals surface area contributed by atoms with Crippen LogP contribution in [0, 0.1) is 5.92 Å². The van der Waals surface area contributed by atoms with E-state index in [0.717, 1.165) is 51.1 Å². The van der Waals surface area contributed by atoms with Gasteiger partial charge in [-0.1, -0.05) is 19.8 Å². The molecule has 5 rings (SSSR count). The zero-order valence-corrected chi connectivity index (χ0v) is 16.1. The lowest BCUT2D eigenvalue weighted by Crippen LogP contribution is -2.53. The van der Waals surface area contributed by atoms with Crippen molar-refractivity contribution in [2.75, 3.05) is 24.5 Å². The number of aromatic nitrogens is 2. The summed E-state index contributed by atoms with van der Waals surface area (Å²) < 4.78 is 2.24. The molecule has 5 heteroatoms. The molecule has 0 aromatic carbocycles. The van der Waals surface area contributed by atoms with E-state index in [4.69, 9.17) is 0 Å². The van der Waals surface area contributed by atoms with E-state index < -0.39 is 0 Å². The minimum Gasteiger partial charge on any atom is -0.355 e. The number of hydrogen-bond donors (Lipinski definition) is 0. The fraction of sp³-hybridized carbons (Fsp3) is 0.545. The normalized spacial score (nSPS) is 24.5. The van der Waals surface area contributed by atoms with Crippen LogP contribution in [0.1, 0.15) is 51.1 Å².